The van der Waals surface area contributed by atoms with E-state index in [-0.39, 0.29) is 5.75 Å². The van der Waals surface area contributed by atoms with Crippen LogP contribution in [0.4, 0.5) is 5.13 Å². The molecule has 3 N–H and O–H groups in total. The van der Waals surface area contributed by atoms with E-state index >= 15 is 0 Å². The lowest BCUT2D eigenvalue weighted by molar-refractivity contribution is 0.443. The van der Waals surface area contributed by atoms with Gasteiger partial charge in [-0.25, -0.2) is 0 Å². The van der Waals surface area contributed by atoms with E-state index in [4.69, 9.17) is 0 Å². The quantitative estimate of drug-likeness (QED) is 0.478. The number of rotatable bonds is 4. The second-order valence-corrected chi connectivity index (χ2v) is 8.23. The summed E-state index contributed by atoms with van der Waals surface area (Å²) in [6.07, 6.45) is 5.73. The molecule has 0 spiro atoms. The molecule has 9 heteroatoms. The zero-order chi connectivity index (χ0) is 19.8. The number of aromatic hydroxyl groups is 1. The van der Waals surface area contributed by atoms with E-state index in [0.29, 0.717) is 22.9 Å². The number of thiazole rings is 1. The summed E-state index contributed by atoms with van der Waals surface area (Å²) in [4.78, 5) is 6.92. The maximum absolute atomic E-state index is 10.6. The Morgan fingerprint density at radius 1 is 1.14 bits per heavy atom. The van der Waals surface area contributed by atoms with Crippen LogP contribution >= 0.6 is 11.3 Å². The molecule has 3 aromatic heterocycles. The van der Waals surface area contributed by atoms with Gasteiger partial charge < -0.3 is 15.3 Å². The van der Waals surface area contributed by atoms with Crippen molar-refractivity contribution in [2.45, 2.75) is 18.9 Å². The van der Waals surface area contributed by atoms with E-state index in [1.165, 1.54) is 0 Å². The van der Waals surface area contributed by atoms with Gasteiger partial charge in [0.15, 0.2) is 10.8 Å². The standard InChI is InChI=1S/C20H21N7OS/c1-27(14-4-6-21-7-5-14)20-24-19-18(29-20)9-16(25-26-19)15-3-2-12(8-17(15)28)13-10-22-23-11-13/h2-3,8-11,14,21,28H,4-7H2,1H3,(H,22,23). The van der Waals surface area contributed by atoms with E-state index in [1.54, 1.807) is 29.8 Å². The summed E-state index contributed by atoms with van der Waals surface area (Å²) < 4.78 is 0.962. The van der Waals surface area contributed by atoms with Crippen molar-refractivity contribution in [3.05, 3.63) is 36.7 Å². The summed E-state index contributed by atoms with van der Waals surface area (Å²) in [6, 6.07) is 7.95. The Kier molecular flexibility index (Phi) is 4.61. The molecule has 148 valence electrons. The van der Waals surface area contributed by atoms with Gasteiger partial charge in [-0.2, -0.15) is 10.1 Å². The lowest BCUT2D eigenvalue weighted by Gasteiger charge is -2.31. The van der Waals surface area contributed by atoms with Crippen LogP contribution in [0.1, 0.15) is 12.8 Å². The molecule has 4 heterocycles. The number of hydrogen-bond acceptors (Lipinski definition) is 8. The van der Waals surface area contributed by atoms with Crippen LogP contribution in [0.5, 0.6) is 5.75 Å². The Bertz CT molecular complexity index is 1140. The monoisotopic (exact) mass is 407 g/mol. The third-order valence-corrected chi connectivity index (χ3v) is 6.49. The van der Waals surface area contributed by atoms with Crippen molar-refractivity contribution in [1.29, 1.82) is 0 Å². The van der Waals surface area contributed by atoms with E-state index in [2.05, 4.69) is 42.6 Å². The van der Waals surface area contributed by atoms with Crippen LogP contribution in [0.2, 0.25) is 0 Å². The molecule has 1 saturated heterocycles. The van der Waals surface area contributed by atoms with Crippen LogP contribution in [-0.4, -0.2) is 56.7 Å². The number of phenols is 1. The molecule has 0 atom stereocenters. The van der Waals surface area contributed by atoms with Crippen LogP contribution in [-0.2, 0) is 0 Å². The SMILES string of the molecule is CN(c1nc2nnc(-c3ccc(-c4cn[nH]c4)cc3O)cc2s1)C1CCNCC1. The molecular weight excluding hydrogens is 386 g/mol. The van der Waals surface area contributed by atoms with E-state index in [0.717, 1.165) is 46.9 Å². The van der Waals surface area contributed by atoms with Crippen molar-refractivity contribution in [3.63, 3.8) is 0 Å². The van der Waals surface area contributed by atoms with Crippen LogP contribution < -0.4 is 10.2 Å². The van der Waals surface area contributed by atoms with Crippen LogP contribution in [0, 0.1) is 0 Å². The fraction of sp³-hybridized carbons (Fsp3) is 0.300. The summed E-state index contributed by atoms with van der Waals surface area (Å²) in [5.41, 5.74) is 3.73. The fourth-order valence-electron chi connectivity index (χ4n) is 3.70. The first-order valence-corrected chi connectivity index (χ1v) is 10.4. The number of nitrogens with zero attached hydrogens (tertiary/aromatic N) is 5. The molecule has 8 nitrogen and oxygen atoms in total. The van der Waals surface area contributed by atoms with Crippen LogP contribution in [0.25, 0.3) is 32.7 Å². The topological polar surface area (TPSA) is 103 Å². The van der Waals surface area contributed by atoms with E-state index in [9.17, 15) is 5.11 Å². The Labute approximate surface area is 171 Å². The third kappa shape index (κ3) is 3.43. The first-order valence-electron chi connectivity index (χ1n) is 9.59. The largest absolute Gasteiger partial charge is 0.507 e. The molecule has 0 unspecified atom stereocenters. The van der Waals surface area contributed by atoms with Gasteiger partial charge in [0.25, 0.3) is 0 Å². The molecule has 29 heavy (non-hydrogen) atoms. The summed E-state index contributed by atoms with van der Waals surface area (Å²) in [5, 5.41) is 30.2. The smallest absolute Gasteiger partial charge is 0.194 e. The van der Waals surface area contributed by atoms with Gasteiger partial charge >= 0.3 is 0 Å². The normalized spacial score (nSPS) is 15.1. The van der Waals surface area contributed by atoms with Gasteiger partial charge in [0.2, 0.25) is 0 Å². The number of aromatic amines is 1. The van der Waals surface area contributed by atoms with E-state index in [1.807, 2.05) is 18.2 Å². The lowest BCUT2D eigenvalue weighted by Crippen LogP contribution is -2.41. The average molecular weight is 408 g/mol. The predicted molar refractivity (Wildman–Crippen MR) is 114 cm³/mol. The van der Waals surface area contributed by atoms with Crippen molar-refractivity contribution < 1.29 is 5.11 Å². The van der Waals surface area contributed by atoms with Gasteiger partial charge in [-0.3, -0.25) is 5.10 Å². The molecule has 1 aliphatic rings. The van der Waals surface area contributed by atoms with Gasteiger partial charge in [-0.15, -0.1) is 10.2 Å². The lowest BCUT2D eigenvalue weighted by atomic mass is 10.0. The maximum atomic E-state index is 10.6. The maximum Gasteiger partial charge on any atom is 0.194 e. The molecule has 1 fully saturated rings. The van der Waals surface area contributed by atoms with Crippen molar-refractivity contribution in [2.24, 2.45) is 0 Å². The van der Waals surface area contributed by atoms with Gasteiger partial charge in [0.05, 0.1) is 16.6 Å². The highest BCUT2D eigenvalue weighted by molar-refractivity contribution is 7.22. The molecule has 0 amide bonds. The molecule has 0 radical (unpaired) electrons. The second-order valence-electron chi connectivity index (χ2n) is 7.22. The van der Waals surface area contributed by atoms with Crippen molar-refractivity contribution in [2.75, 3.05) is 25.0 Å². The highest BCUT2D eigenvalue weighted by Gasteiger charge is 2.21. The van der Waals surface area contributed by atoms with Gasteiger partial charge in [-0.1, -0.05) is 17.4 Å². The zero-order valence-electron chi connectivity index (χ0n) is 16.0. The third-order valence-electron chi connectivity index (χ3n) is 5.41. The summed E-state index contributed by atoms with van der Waals surface area (Å²) in [5.74, 6) is 0.161. The highest BCUT2D eigenvalue weighted by Crippen LogP contribution is 2.35. The summed E-state index contributed by atoms with van der Waals surface area (Å²) >= 11 is 1.61. The van der Waals surface area contributed by atoms with Crippen LogP contribution in [0.15, 0.2) is 36.7 Å². The molecule has 0 aliphatic carbocycles. The molecular formula is C20H21N7OS. The van der Waals surface area contributed by atoms with Crippen molar-refractivity contribution >= 4 is 26.8 Å². The minimum atomic E-state index is 0.161. The molecule has 1 aliphatic heterocycles. The molecule has 4 aromatic rings. The minimum Gasteiger partial charge on any atom is -0.507 e. The first-order chi connectivity index (χ1) is 14.2. The number of aromatic nitrogens is 5. The molecule has 0 bridgehead atoms. The molecule has 5 rings (SSSR count). The Hall–Kier alpha value is -3.04. The van der Waals surface area contributed by atoms with Crippen molar-refractivity contribution in [3.8, 4) is 28.1 Å². The Balaban J connectivity index is 1.45. The molecule has 0 saturated carbocycles. The highest BCUT2D eigenvalue weighted by atomic mass is 32.1. The number of hydrogen-bond donors (Lipinski definition) is 3. The predicted octanol–water partition coefficient (Wildman–Crippen LogP) is 3.04. The zero-order valence-corrected chi connectivity index (χ0v) is 16.8. The van der Waals surface area contributed by atoms with E-state index < -0.39 is 0 Å². The fourth-order valence-corrected chi connectivity index (χ4v) is 4.67. The number of fused-ring (bicyclic) bond motifs is 1. The second kappa shape index (κ2) is 7.41. The Morgan fingerprint density at radius 3 is 2.76 bits per heavy atom. The summed E-state index contributed by atoms with van der Waals surface area (Å²) in [7, 11) is 2.10. The number of piperidine rings is 1. The number of anilines is 1. The first kappa shape index (κ1) is 18.0. The van der Waals surface area contributed by atoms with Crippen LogP contribution in [0.3, 0.4) is 0 Å². The minimum absolute atomic E-state index is 0.161. The van der Waals surface area contributed by atoms with Gasteiger partial charge in [0.1, 0.15) is 5.75 Å². The van der Waals surface area contributed by atoms with Gasteiger partial charge in [-0.05, 0) is 49.7 Å². The summed E-state index contributed by atoms with van der Waals surface area (Å²) in [6.45, 7) is 2.08. The van der Waals surface area contributed by atoms with Crippen molar-refractivity contribution in [1.82, 2.24) is 30.7 Å². The number of H-pyrrole nitrogens is 1. The Morgan fingerprint density at radius 2 is 2.00 bits per heavy atom. The molecule has 1 aromatic carbocycles. The number of phenolic OH excluding ortho intramolecular Hbond substituents is 1. The number of nitrogens with one attached hydrogen (secondary N) is 2. The average Bonchev–Trinajstić information content (AvgIpc) is 3.43. The number of benzene rings is 1. The van der Waals surface area contributed by atoms with Gasteiger partial charge in [0, 0.05) is 30.4 Å².